The summed E-state index contributed by atoms with van der Waals surface area (Å²) in [6.07, 6.45) is 1.89. The van der Waals surface area contributed by atoms with Crippen LogP contribution in [0.4, 0.5) is 5.95 Å². The second kappa shape index (κ2) is 8.51. The molecule has 0 fully saturated rings. The van der Waals surface area contributed by atoms with Crippen molar-refractivity contribution >= 4 is 27.7 Å². The molecule has 1 aromatic heterocycles. The van der Waals surface area contributed by atoms with E-state index in [0.29, 0.717) is 11.5 Å². The summed E-state index contributed by atoms with van der Waals surface area (Å²) in [7, 11) is 3.51. The van der Waals surface area contributed by atoms with Crippen LogP contribution in [0.2, 0.25) is 0 Å². The third-order valence-electron chi connectivity index (χ3n) is 4.10. The molecule has 3 aromatic rings. The van der Waals surface area contributed by atoms with Gasteiger partial charge in [0, 0.05) is 15.6 Å². The molecule has 5 nitrogen and oxygen atoms in total. The molecule has 0 amide bonds. The Morgan fingerprint density at radius 1 is 1.23 bits per heavy atom. The Balaban J connectivity index is 0.00000243. The van der Waals surface area contributed by atoms with E-state index in [1.165, 1.54) is 0 Å². The average Bonchev–Trinajstić information content (AvgIpc) is 2.90. The molecule has 0 saturated carbocycles. The largest absolute Gasteiger partial charge is 1.00 e. The normalized spacial score (nSPS) is 10.3. The summed E-state index contributed by atoms with van der Waals surface area (Å²) < 4.78 is 9.78. The number of Topliss-reactive ketones (excluding diaryl/α,β-unsaturated/α-hetero) is 1. The number of ketones is 1. The lowest BCUT2D eigenvalue weighted by Gasteiger charge is -2.02. The maximum Gasteiger partial charge on any atom is 0.355 e. The minimum atomic E-state index is 0. The first-order chi connectivity index (χ1) is 12.0. The predicted octanol–water partition coefficient (Wildman–Crippen LogP) is 0.220. The van der Waals surface area contributed by atoms with Gasteiger partial charge in [-0.25, -0.2) is 9.13 Å². The zero-order chi connectivity index (χ0) is 18.0. The lowest BCUT2D eigenvalue weighted by molar-refractivity contribution is -0.667. The maximum atomic E-state index is 12.5. The number of rotatable bonds is 5. The standard InChI is InChI=1S/C19H18BrN3O2.BrH/c1-22-17(13-5-4-8-16(10-13)25-2)11-23(19(22)21)12-18(24)14-6-3-7-15(20)9-14;/h3-11,21H,12H2,1-2H3;1H. The van der Waals surface area contributed by atoms with Gasteiger partial charge < -0.3 is 21.7 Å². The molecule has 0 radical (unpaired) electrons. The smallest absolute Gasteiger partial charge is 0.355 e. The Hall–Kier alpha value is -2.12. The number of nitrogens with two attached hydrogens (primary N) is 1. The zero-order valence-corrected chi connectivity index (χ0v) is 17.6. The highest BCUT2D eigenvalue weighted by Crippen LogP contribution is 2.24. The van der Waals surface area contributed by atoms with Crippen LogP contribution in [-0.2, 0) is 13.6 Å². The Kier molecular flexibility index (Phi) is 6.61. The van der Waals surface area contributed by atoms with Crippen LogP contribution in [0.25, 0.3) is 11.3 Å². The molecule has 136 valence electrons. The average molecular weight is 481 g/mol. The summed E-state index contributed by atoms with van der Waals surface area (Å²) in [5.74, 6) is 1.29. The molecule has 1 heterocycles. The first-order valence-electron chi connectivity index (χ1n) is 7.77. The van der Waals surface area contributed by atoms with Crippen LogP contribution in [0.1, 0.15) is 10.4 Å². The maximum absolute atomic E-state index is 12.5. The highest BCUT2D eigenvalue weighted by atomic mass is 79.9. The van der Waals surface area contributed by atoms with Crippen LogP contribution in [-0.4, -0.2) is 17.5 Å². The fourth-order valence-corrected chi connectivity index (χ4v) is 3.10. The number of hydrogen-bond donors (Lipinski definition) is 1. The molecule has 0 aliphatic rings. The third kappa shape index (κ3) is 4.16. The summed E-state index contributed by atoms with van der Waals surface area (Å²) in [6, 6.07) is 15.1. The van der Waals surface area contributed by atoms with Gasteiger partial charge in [0.25, 0.3) is 0 Å². The van der Waals surface area contributed by atoms with Crippen LogP contribution >= 0.6 is 15.9 Å². The van der Waals surface area contributed by atoms with Gasteiger partial charge in [0.1, 0.15) is 24.2 Å². The number of imidazole rings is 1. The Labute approximate surface area is 171 Å². The number of methoxy groups -OCH3 is 1. The molecule has 7 heteroatoms. The van der Waals surface area contributed by atoms with Crippen molar-refractivity contribution in [3.05, 3.63) is 64.8 Å². The Bertz CT molecular complexity index is 938. The molecule has 0 aliphatic carbocycles. The summed E-state index contributed by atoms with van der Waals surface area (Å²) in [5.41, 5.74) is 8.74. The van der Waals surface area contributed by atoms with E-state index < -0.39 is 0 Å². The first kappa shape index (κ1) is 20.2. The number of carbonyl (C=O) groups excluding carboxylic acids is 1. The van der Waals surface area contributed by atoms with Gasteiger partial charge in [-0.2, -0.15) is 0 Å². The van der Waals surface area contributed by atoms with E-state index in [1.807, 2.05) is 60.3 Å². The summed E-state index contributed by atoms with van der Waals surface area (Å²) in [5, 5.41) is 0. The number of halogens is 2. The van der Waals surface area contributed by atoms with Crippen molar-refractivity contribution in [2.45, 2.75) is 6.54 Å². The number of carbonyl (C=O) groups is 1. The highest BCUT2D eigenvalue weighted by Gasteiger charge is 2.20. The topological polar surface area (TPSA) is 61.1 Å². The molecular weight excluding hydrogens is 462 g/mol. The molecule has 0 atom stereocenters. The van der Waals surface area contributed by atoms with Crippen LogP contribution in [0, 0.1) is 0 Å². The molecular formula is C19H19Br2N3O2. The van der Waals surface area contributed by atoms with E-state index in [9.17, 15) is 4.79 Å². The van der Waals surface area contributed by atoms with Crippen molar-refractivity contribution < 1.29 is 31.1 Å². The SMILES string of the molecule is COc1cccc(-c2c[n+](CC(=O)c3cccc(Br)c3)c(N)n2C)c1.[Br-]. The predicted molar refractivity (Wildman–Crippen MR) is 100 cm³/mol. The van der Waals surface area contributed by atoms with Gasteiger partial charge in [0.2, 0.25) is 0 Å². The fraction of sp³-hybridized carbons (Fsp3) is 0.158. The quantitative estimate of drug-likeness (QED) is 0.419. The molecule has 0 spiro atoms. The Morgan fingerprint density at radius 3 is 2.65 bits per heavy atom. The van der Waals surface area contributed by atoms with Crippen molar-refractivity contribution in [1.82, 2.24) is 4.57 Å². The second-order valence-corrected chi connectivity index (χ2v) is 6.64. The molecule has 26 heavy (non-hydrogen) atoms. The van der Waals surface area contributed by atoms with Gasteiger partial charge >= 0.3 is 5.95 Å². The molecule has 0 unspecified atom stereocenters. The minimum Gasteiger partial charge on any atom is -1.00 e. The minimum absolute atomic E-state index is 0. The van der Waals surface area contributed by atoms with Gasteiger partial charge in [-0.05, 0) is 24.3 Å². The fourth-order valence-electron chi connectivity index (χ4n) is 2.70. The lowest BCUT2D eigenvalue weighted by atomic mass is 10.1. The highest BCUT2D eigenvalue weighted by molar-refractivity contribution is 9.10. The van der Waals surface area contributed by atoms with E-state index in [1.54, 1.807) is 17.7 Å². The van der Waals surface area contributed by atoms with Gasteiger partial charge in [-0.1, -0.05) is 40.2 Å². The Morgan fingerprint density at radius 2 is 1.96 bits per heavy atom. The summed E-state index contributed by atoms with van der Waals surface area (Å²) >= 11 is 3.39. The van der Waals surface area contributed by atoms with Crippen molar-refractivity contribution in [3.63, 3.8) is 0 Å². The zero-order valence-electron chi connectivity index (χ0n) is 14.4. The first-order valence-corrected chi connectivity index (χ1v) is 8.56. The van der Waals surface area contributed by atoms with Crippen molar-refractivity contribution in [1.29, 1.82) is 0 Å². The van der Waals surface area contributed by atoms with E-state index >= 15 is 0 Å². The van der Waals surface area contributed by atoms with Crippen molar-refractivity contribution in [3.8, 4) is 17.0 Å². The molecule has 2 aromatic carbocycles. The van der Waals surface area contributed by atoms with Crippen LogP contribution in [0.15, 0.2) is 59.2 Å². The number of nitrogen functional groups attached to an aromatic ring is 1. The second-order valence-electron chi connectivity index (χ2n) is 5.72. The summed E-state index contributed by atoms with van der Waals surface area (Å²) in [6.45, 7) is 0.181. The van der Waals surface area contributed by atoms with E-state index in [-0.39, 0.29) is 29.3 Å². The van der Waals surface area contributed by atoms with Crippen molar-refractivity contribution in [2.24, 2.45) is 7.05 Å². The molecule has 3 rings (SSSR count). The molecule has 0 saturated heterocycles. The molecule has 2 N–H and O–H groups in total. The number of aromatic nitrogens is 2. The van der Waals surface area contributed by atoms with Crippen LogP contribution in [0.3, 0.4) is 0 Å². The van der Waals surface area contributed by atoms with Crippen LogP contribution < -0.4 is 32.0 Å². The van der Waals surface area contributed by atoms with E-state index in [0.717, 1.165) is 21.5 Å². The lowest BCUT2D eigenvalue weighted by Crippen LogP contribution is -3.00. The van der Waals surface area contributed by atoms with Crippen molar-refractivity contribution in [2.75, 3.05) is 12.8 Å². The van der Waals surface area contributed by atoms with Gasteiger partial charge in [0.15, 0.2) is 5.78 Å². The molecule has 0 aliphatic heterocycles. The molecule has 0 bridgehead atoms. The number of ether oxygens (including phenoxy) is 1. The third-order valence-corrected chi connectivity index (χ3v) is 4.60. The van der Waals surface area contributed by atoms with Gasteiger partial charge in [0.05, 0.1) is 14.2 Å². The number of hydrogen-bond acceptors (Lipinski definition) is 3. The van der Waals surface area contributed by atoms with E-state index in [2.05, 4.69) is 15.9 Å². The number of anilines is 1. The summed E-state index contributed by atoms with van der Waals surface area (Å²) in [4.78, 5) is 12.5. The van der Waals surface area contributed by atoms with E-state index in [4.69, 9.17) is 10.5 Å². The monoisotopic (exact) mass is 479 g/mol. The van der Waals surface area contributed by atoms with Crippen LogP contribution in [0.5, 0.6) is 5.75 Å². The van der Waals surface area contributed by atoms with Gasteiger partial charge in [-0.15, -0.1) is 0 Å². The number of nitrogens with zero attached hydrogens (tertiary/aromatic N) is 2. The van der Waals surface area contributed by atoms with Gasteiger partial charge in [-0.3, -0.25) is 10.5 Å². The number of benzene rings is 2.